The molecule has 1 aromatic heterocycles. The van der Waals surface area contributed by atoms with Crippen LogP contribution in [0.4, 0.5) is 0 Å². The van der Waals surface area contributed by atoms with Gasteiger partial charge in [0.15, 0.2) is 0 Å². The molecule has 0 amide bonds. The summed E-state index contributed by atoms with van der Waals surface area (Å²) in [6.45, 7) is 4.56. The van der Waals surface area contributed by atoms with E-state index < -0.39 is 10.0 Å². The molecule has 1 saturated heterocycles. The molecule has 1 aliphatic rings. The number of nitrogens with zero attached hydrogens (tertiary/aromatic N) is 1. The summed E-state index contributed by atoms with van der Waals surface area (Å²) < 4.78 is 27.2. The van der Waals surface area contributed by atoms with Gasteiger partial charge in [0.1, 0.15) is 4.21 Å². The van der Waals surface area contributed by atoms with Crippen molar-refractivity contribution in [3.63, 3.8) is 0 Å². The summed E-state index contributed by atoms with van der Waals surface area (Å²) in [5, 5.41) is 5.43. The molecule has 0 saturated carbocycles. The van der Waals surface area contributed by atoms with Gasteiger partial charge in [0.25, 0.3) is 10.0 Å². The zero-order valence-corrected chi connectivity index (χ0v) is 15.1. The van der Waals surface area contributed by atoms with Gasteiger partial charge < -0.3 is 5.32 Å². The second kappa shape index (κ2) is 9.01. The third kappa shape index (κ3) is 5.05. The largest absolute Gasteiger partial charge is 0.314 e. The molecule has 0 radical (unpaired) electrons. The second-order valence-electron chi connectivity index (χ2n) is 5.98. The number of thiophene rings is 1. The van der Waals surface area contributed by atoms with Gasteiger partial charge >= 0.3 is 0 Å². The van der Waals surface area contributed by atoms with Crippen LogP contribution in [0.1, 0.15) is 51.9 Å². The quantitative estimate of drug-likeness (QED) is 0.735. The Balaban J connectivity index is 1.80. The van der Waals surface area contributed by atoms with Gasteiger partial charge in [0.05, 0.1) is 0 Å². The van der Waals surface area contributed by atoms with Crippen molar-refractivity contribution in [2.24, 2.45) is 0 Å². The molecule has 1 aliphatic heterocycles. The van der Waals surface area contributed by atoms with Gasteiger partial charge in [-0.2, -0.15) is 4.31 Å². The van der Waals surface area contributed by atoms with E-state index >= 15 is 0 Å². The Kier molecular flexibility index (Phi) is 7.34. The summed E-state index contributed by atoms with van der Waals surface area (Å²) in [5.74, 6) is 0. The molecule has 126 valence electrons. The van der Waals surface area contributed by atoms with Crippen molar-refractivity contribution < 1.29 is 8.42 Å². The highest BCUT2D eigenvalue weighted by Crippen LogP contribution is 2.23. The van der Waals surface area contributed by atoms with E-state index in [9.17, 15) is 8.42 Å². The van der Waals surface area contributed by atoms with Crippen molar-refractivity contribution in [1.82, 2.24) is 9.62 Å². The van der Waals surface area contributed by atoms with E-state index in [-0.39, 0.29) is 0 Å². The van der Waals surface area contributed by atoms with Crippen LogP contribution in [0.2, 0.25) is 0 Å². The minimum absolute atomic E-state index is 0.463. The molecule has 6 heteroatoms. The Bertz CT molecular complexity index is 514. The van der Waals surface area contributed by atoms with Gasteiger partial charge in [-0.25, -0.2) is 8.42 Å². The Morgan fingerprint density at radius 1 is 1.27 bits per heavy atom. The monoisotopic (exact) mass is 344 g/mol. The standard InChI is InChI=1S/C16H28N2O2S2/c1-2-3-4-5-11-17-15-8-6-12-18(13-10-15)22(19,20)16-9-7-14-21-16/h7,9,14-15,17H,2-6,8,10-13H2,1H3. The van der Waals surface area contributed by atoms with E-state index in [2.05, 4.69) is 12.2 Å². The molecule has 2 rings (SSSR count). The zero-order valence-electron chi connectivity index (χ0n) is 13.5. The van der Waals surface area contributed by atoms with Gasteiger partial charge in [-0.05, 0) is 43.7 Å². The summed E-state index contributed by atoms with van der Waals surface area (Å²) >= 11 is 1.31. The van der Waals surface area contributed by atoms with Crippen LogP contribution in [-0.4, -0.2) is 38.4 Å². The van der Waals surface area contributed by atoms with E-state index in [1.807, 2.05) is 5.38 Å². The Hall–Kier alpha value is -0.430. The summed E-state index contributed by atoms with van der Waals surface area (Å²) in [4.78, 5) is 0. The van der Waals surface area contributed by atoms with E-state index in [0.29, 0.717) is 23.3 Å². The fourth-order valence-corrected chi connectivity index (χ4v) is 5.55. The zero-order chi connectivity index (χ0) is 15.8. The minimum atomic E-state index is -3.27. The summed E-state index contributed by atoms with van der Waals surface area (Å²) in [7, 11) is -3.27. The lowest BCUT2D eigenvalue weighted by atomic mass is 10.1. The minimum Gasteiger partial charge on any atom is -0.314 e. The lowest BCUT2D eigenvalue weighted by Gasteiger charge is -2.19. The molecule has 22 heavy (non-hydrogen) atoms. The maximum atomic E-state index is 12.6. The molecule has 1 aromatic rings. The smallest absolute Gasteiger partial charge is 0.252 e. The van der Waals surface area contributed by atoms with Crippen molar-refractivity contribution in [2.75, 3.05) is 19.6 Å². The van der Waals surface area contributed by atoms with Gasteiger partial charge in [-0.15, -0.1) is 11.3 Å². The van der Waals surface area contributed by atoms with Crippen LogP contribution in [0.3, 0.4) is 0 Å². The molecule has 1 unspecified atom stereocenters. The van der Waals surface area contributed by atoms with Crippen LogP contribution in [0.15, 0.2) is 21.7 Å². The summed E-state index contributed by atoms with van der Waals surface area (Å²) in [6.07, 6.45) is 8.01. The topological polar surface area (TPSA) is 49.4 Å². The predicted octanol–water partition coefficient (Wildman–Crippen LogP) is 3.46. The molecule has 1 fully saturated rings. The van der Waals surface area contributed by atoms with Gasteiger partial charge in [0, 0.05) is 19.1 Å². The van der Waals surface area contributed by atoms with Crippen LogP contribution < -0.4 is 5.32 Å². The molecule has 0 spiro atoms. The van der Waals surface area contributed by atoms with Crippen LogP contribution >= 0.6 is 11.3 Å². The number of nitrogens with one attached hydrogen (secondary N) is 1. The van der Waals surface area contributed by atoms with Crippen LogP contribution in [0, 0.1) is 0 Å². The molecule has 1 atom stereocenters. The number of hydrogen-bond acceptors (Lipinski definition) is 4. The normalized spacial score (nSPS) is 20.9. The highest BCUT2D eigenvalue weighted by atomic mass is 32.2. The van der Waals surface area contributed by atoms with Gasteiger partial charge in [-0.3, -0.25) is 0 Å². The van der Waals surface area contributed by atoms with Crippen molar-refractivity contribution >= 4 is 21.4 Å². The van der Waals surface area contributed by atoms with Crippen molar-refractivity contribution in [2.45, 2.75) is 62.1 Å². The molecule has 2 heterocycles. The number of sulfonamides is 1. The van der Waals surface area contributed by atoms with E-state index in [0.717, 1.165) is 25.8 Å². The summed E-state index contributed by atoms with van der Waals surface area (Å²) in [6, 6.07) is 3.97. The molecule has 4 nitrogen and oxygen atoms in total. The molecular formula is C16H28N2O2S2. The second-order valence-corrected chi connectivity index (χ2v) is 9.09. The van der Waals surface area contributed by atoms with Crippen molar-refractivity contribution in [3.8, 4) is 0 Å². The van der Waals surface area contributed by atoms with Crippen LogP contribution in [-0.2, 0) is 10.0 Å². The van der Waals surface area contributed by atoms with E-state index in [1.165, 1.54) is 37.0 Å². The molecule has 0 aliphatic carbocycles. The summed E-state index contributed by atoms with van der Waals surface area (Å²) in [5.41, 5.74) is 0. The third-order valence-electron chi connectivity index (χ3n) is 4.24. The Morgan fingerprint density at radius 3 is 2.86 bits per heavy atom. The van der Waals surface area contributed by atoms with Crippen molar-refractivity contribution in [3.05, 3.63) is 17.5 Å². The fraction of sp³-hybridized carbons (Fsp3) is 0.750. The lowest BCUT2D eigenvalue weighted by molar-refractivity contribution is 0.412. The lowest BCUT2D eigenvalue weighted by Crippen LogP contribution is -2.34. The first-order valence-corrected chi connectivity index (χ1v) is 10.7. The number of hydrogen-bond donors (Lipinski definition) is 1. The molecule has 0 aromatic carbocycles. The molecule has 0 bridgehead atoms. The first-order valence-electron chi connectivity index (χ1n) is 8.41. The van der Waals surface area contributed by atoms with Crippen LogP contribution in [0.5, 0.6) is 0 Å². The predicted molar refractivity (Wildman–Crippen MR) is 92.9 cm³/mol. The van der Waals surface area contributed by atoms with E-state index in [1.54, 1.807) is 16.4 Å². The number of rotatable bonds is 8. The average Bonchev–Trinajstić information content (AvgIpc) is 2.94. The Morgan fingerprint density at radius 2 is 2.14 bits per heavy atom. The van der Waals surface area contributed by atoms with Gasteiger partial charge in [-0.1, -0.05) is 32.3 Å². The Labute approximate surface area is 139 Å². The molecule has 1 N–H and O–H groups in total. The number of unbranched alkanes of at least 4 members (excludes halogenated alkanes) is 3. The van der Waals surface area contributed by atoms with Gasteiger partial charge in [0.2, 0.25) is 0 Å². The van der Waals surface area contributed by atoms with Crippen LogP contribution in [0.25, 0.3) is 0 Å². The SMILES string of the molecule is CCCCCCNC1CCCN(S(=O)(=O)c2cccs2)CC1. The maximum Gasteiger partial charge on any atom is 0.252 e. The van der Waals surface area contributed by atoms with E-state index in [4.69, 9.17) is 0 Å². The first-order chi connectivity index (χ1) is 10.6. The first kappa shape index (κ1) is 17.9. The maximum absolute atomic E-state index is 12.6. The highest BCUT2D eigenvalue weighted by molar-refractivity contribution is 7.91. The average molecular weight is 345 g/mol. The highest BCUT2D eigenvalue weighted by Gasteiger charge is 2.27. The molecular weight excluding hydrogens is 316 g/mol. The van der Waals surface area contributed by atoms with Crippen molar-refractivity contribution in [1.29, 1.82) is 0 Å². The fourth-order valence-electron chi connectivity index (χ4n) is 2.91. The third-order valence-corrected chi connectivity index (χ3v) is 7.51.